The first-order valence-corrected chi connectivity index (χ1v) is 4.64. The lowest BCUT2D eigenvalue weighted by Gasteiger charge is -2.23. The highest BCUT2D eigenvalue weighted by Crippen LogP contribution is 1.98. The van der Waals surface area contributed by atoms with Crippen LogP contribution in [0.25, 0.3) is 0 Å². The predicted molar refractivity (Wildman–Crippen MR) is 52.5 cm³/mol. The van der Waals surface area contributed by atoms with Gasteiger partial charge in [-0.2, -0.15) is 0 Å². The first kappa shape index (κ1) is 12.4. The van der Waals surface area contributed by atoms with E-state index in [0.29, 0.717) is 6.54 Å². The van der Waals surface area contributed by atoms with Gasteiger partial charge in [-0.1, -0.05) is 6.92 Å². The Hall–Kier alpha value is -0.610. The SMILES string of the molecule is CCCNCC(=O)NC(C)(C)CO. The fraction of sp³-hybridized carbons (Fsp3) is 0.889. The molecule has 0 aliphatic heterocycles. The molecule has 0 atom stereocenters. The van der Waals surface area contributed by atoms with E-state index < -0.39 is 5.54 Å². The van der Waals surface area contributed by atoms with Crippen molar-refractivity contribution in [1.29, 1.82) is 0 Å². The highest BCUT2D eigenvalue weighted by molar-refractivity contribution is 5.78. The van der Waals surface area contributed by atoms with Crippen molar-refractivity contribution in [1.82, 2.24) is 10.6 Å². The summed E-state index contributed by atoms with van der Waals surface area (Å²) < 4.78 is 0. The van der Waals surface area contributed by atoms with E-state index in [0.717, 1.165) is 13.0 Å². The van der Waals surface area contributed by atoms with Gasteiger partial charge in [-0.25, -0.2) is 0 Å². The second kappa shape index (κ2) is 5.94. The van der Waals surface area contributed by atoms with Crippen LogP contribution in [0.3, 0.4) is 0 Å². The van der Waals surface area contributed by atoms with Gasteiger partial charge in [0.05, 0.1) is 18.7 Å². The first-order chi connectivity index (χ1) is 6.02. The van der Waals surface area contributed by atoms with Crippen LogP contribution in [0, 0.1) is 0 Å². The van der Waals surface area contributed by atoms with Gasteiger partial charge in [-0.15, -0.1) is 0 Å². The molecular weight excluding hydrogens is 168 g/mol. The summed E-state index contributed by atoms with van der Waals surface area (Å²) in [7, 11) is 0. The van der Waals surface area contributed by atoms with Gasteiger partial charge in [0.2, 0.25) is 5.91 Å². The molecule has 0 aliphatic rings. The third-order valence-electron chi connectivity index (χ3n) is 1.59. The monoisotopic (exact) mass is 188 g/mol. The van der Waals surface area contributed by atoms with Gasteiger partial charge < -0.3 is 15.7 Å². The van der Waals surface area contributed by atoms with Crippen molar-refractivity contribution in [3.63, 3.8) is 0 Å². The molecule has 0 radical (unpaired) electrons. The number of nitrogens with one attached hydrogen (secondary N) is 2. The van der Waals surface area contributed by atoms with Crippen molar-refractivity contribution in [2.45, 2.75) is 32.7 Å². The van der Waals surface area contributed by atoms with Crippen molar-refractivity contribution in [3.8, 4) is 0 Å². The number of aliphatic hydroxyl groups excluding tert-OH is 1. The molecule has 0 fully saturated rings. The molecule has 0 bridgehead atoms. The zero-order valence-electron chi connectivity index (χ0n) is 8.68. The van der Waals surface area contributed by atoms with E-state index in [4.69, 9.17) is 5.11 Å². The smallest absolute Gasteiger partial charge is 0.234 e. The lowest BCUT2D eigenvalue weighted by Crippen LogP contribution is -2.49. The molecule has 0 aromatic carbocycles. The maximum atomic E-state index is 11.2. The maximum Gasteiger partial charge on any atom is 0.234 e. The Morgan fingerprint density at radius 1 is 1.46 bits per heavy atom. The summed E-state index contributed by atoms with van der Waals surface area (Å²) >= 11 is 0. The number of hydrogen-bond donors (Lipinski definition) is 3. The summed E-state index contributed by atoms with van der Waals surface area (Å²) in [6.07, 6.45) is 1.01. The molecule has 0 aliphatic carbocycles. The Labute approximate surface area is 79.7 Å². The van der Waals surface area contributed by atoms with Crippen LogP contribution in [0.15, 0.2) is 0 Å². The molecule has 0 saturated heterocycles. The molecule has 1 amide bonds. The van der Waals surface area contributed by atoms with E-state index in [1.54, 1.807) is 13.8 Å². The van der Waals surface area contributed by atoms with Gasteiger partial charge in [-0.05, 0) is 26.8 Å². The average molecular weight is 188 g/mol. The molecule has 0 rings (SSSR count). The van der Waals surface area contributed by atoms with Crippen molar-refractivity contribution < 1.29 is 9.90 Å². The van der Waals surface area contributed by atoms with Gasteiger partial charge in [0.1, 0.15) is 0 Å². The quantitative estimate of drug-likeness (QED) is 0.509. The minimum atomic E-state index is -0.523. The highest BCUT2D eigenvalue weighted by atomic mass is 16.3. The standard InChI is InChI=1S/C9H20N2O2/c1-4-5-10-6-8(13)11-9(2,3)7-12/h10,12H,4-7H2,1-3H3,(H,11,13). The zero-order valence-corrected chi connectivity index (χ0v) is 8.68. The second-order valence-electron chi connectivity index (χ2n) is 3.77. The summed E-state index contributed by atoms with van der Waals surface area (Å²) in [5.74, 6) is -0.0764. The third-order valence-corrected chi connectivity index (χ3v) is 1.59. The Bertz CT molecular complexity index is 158. The van der Waals surface area contributed by atoms with Crippen LogP contribution in [0.5, 0.6) is 0 Å². The molecule has 0 aromatic rings. The van der Waals surface area contributed by atoms with Crippen molar-refractivity contribution in [2.75, 3.05) is 19.7 Å². The lowest BCUT2D eigenvalue weighted by molar-refractivity contribution is -0.122. The van der Waals surface area contributed by atoms with Crippen LogP contribution in [-0.4, -0.2) is 36.2 Å². The van der Waals surface area contributed by atoms with Crippen molar-refractivity contribution in [2.24, 2.45) is 0 Å². The number of rotatable bonds is 6. The molecule has 0 heterocycles. The van der Waals surface area contributed by atoms with Gasteiger partial charge in [0.15, 0.2) is 0 Å². The molecule has 78 valence electrons. The van der Waals surface area contributed by atoms with Crippen molar-refractivity contribution in [3.05, 3.63) is 0 Å². The normalized spacial score (nSPS) is 11.4. The predicted octanol–water partition coefficient (Wildman–Crippen LogP) is -0.127. The lowest BCUT2D eigenvalue weighted by atomic mass is 10.1. The highest BCUT2D eigenvalue weighted by Gasteiger charge is 2.18. The number of carbonyl (C=O) groups is 1. The van der Waals surface area contributed by atoms with Gasteiger partial charge in [0.25, 0.3) is 0 Å². The molecule has 3 N–H and O–H groups in total. The van der Waals surface area contributed by atoms with Crippen LogP contribution in [0.1, 0.15) is 27.2 Å². The van der Waals surface area contributed by atoms with Crippen LogP contribution in [0.4, 0.5) is 0 Å². The molecule has 0 saturated carbocycles. The van der Waals surface area contributed by atoms with E-state index in [9.17, 15) is 4.79 Å². The molecular formula is C9H20N2O2. The number of aliphatic hydroxyl groups is 1. The fourth-order valence-electron chi connectivity index (χ4n) is 0.840. The molecule has 0 spiro atoms. The van der Waals surface area contributed by atoms with Gasteiger partial charge in [-0.3, -0.25) is 4.79 Å². The van der Waals surface area contributed by atoms with Crippen LogP contribution in [-0.2, 0) is 4.79 Å². The molecule has 0 unspecified atom stereocenters. The minimum absolute atomic E-state index is 0.0491. The minimum Gasteiger partial charge on any atom is -0.394 e. The van der Waals surface area contributed by atoms with Crippen LogP contribution in [0.2, 0.25) is 0 Å². The summed E-state index contributed by atoms with van der Waals surface area (Å²) in [5.41, 5.74) is -0.523. The van der Waals surface area contributed by atoms with E-state index >= 15 is 0 Å². The van der Waals surface area contributed by atoms with E-state index in [1.807, 2.05) is 6.92 Å². The number of amides is 1. The largest absolute Gasteiger partial charge is 0.394 e. The zero-order chi connectivity index (χ0) is 10.3. The van der Waals surface area contributed by atoms with E-state index in [2.05, 4.69) is 10.6 Å². The van der Waals surface area contributed by atoms with E-state index in [1.165, 1.54) is 0 Å². The van der Waals surface area contributed by atoms with Crippen molar-refractivity contribution >= 4 is 5.91 Å². The molecule has 4 heteroatoms. The molecule has 0 aromatic heterocycles. The summed E-state index contributed by atoms with van der Waals surface area (Å²) in [6.45, 7) is 6.72. The van der Waals surface area contributed by atoms with Crippen LogP contribution < -0.4 is 10.6 Å². The number of carbonyl (C=O) groups excluding carboxylic acids is 1. The van der Waals surface area contributed by atoms with Crippen LogP contribution >= 0.6 is 0 Å². The first-order valence-electron chi connectivity index (χ1n) is 4.64. The molecule has 4 nitrogen and oxygen atoms in total. The Kier molecular flexibility index (Phi) is 5.66. The third kappa shape index (κ3) is 6.54. The number of hydrogen-bond acceptors (Lipinski definition) is 3. The summed E-state index contributed by atoms with van der Waals surface area (Å²) in [4.78, 5) is 11.2. The summed E-state index contributed by atoms with van der Waals surface area (Å²) in [5, 5.41) is 14.6. The van der Waals surface area contributed by atoms with E-state index in [-0.39, 0.29) is 12.5 Å². The Balaban J connectivity index is 3.62. The second-order valence-corrected chi connectivity index (χ2v) is 3.77. The Morgan fingerprint density at radius 3 is 2.54 bits per heavy atom. The van der Waals surface area contributed by atoms with Gasteiger partial charge >= 0.3 is 0 Å². The fourth-order valence-corrected chi connectivity index (χ4v) is 0.840. The average Bonchev–Trinajstić information content (AvgIpc) is 2.04. The van der Waals surface area contributed by atoms with Gasteiger partial charge in [0, 0.05) is 0 Å². The Morgan fingerprint density at radius 2 is 2.08 bits per heavy atom. The topological polar surface area (TPSA) is 61.4 Å². The molecule has 13 heavy (non-hydrogen) atoms. The maximum absolute atomic E-state index is 11.2. The summed E-state index contributed by atoms with van der Waals surface area (Å²) in [6, 6.07) is 0.